The van der Waals surface area contributed by atoms with Crippen molar-refractivity contribution in [3.8, 4) is 16.9 Å². The number of nitrogens with zero attached hydrogens (tertiary/aromatic N) is 1. The summed E-state index contributed by atoms with van der Waals surface area (Å²) in [5, 5.41) is 4.16. The zero-order valence-electron chi connectivity index (χ0n) is 19.3. The summed E-state index contributed by atoms with van der Waals surface area (Å²) in [5.41, 5.74) is 11.6. The van der Waals surface area contributed by atoms with Gasteiger partial charge in [-0.25, -0.2) is 0 Å². The van der Waals surface area contributed by atoms with Crippen LogP contribution in [0.4, 0.5) is 0 Å². The van der Waals surface area contributed by atoms with E-state index in [-0.39, 0.29) is 0 Å². The average Bonchev–Trinajstić information content (AvgIpc) is 3.21. The zero-order valence-corrected chi connectivity index (χ0v) is 19.3. The molecule has 5 aromatic carbocycles. The second kappa shape index (κ2) is 8.33. The second-order valence-electron chi connectivity index (χ2n) is 8.71. The van der Waals surface area contributed by atoms with Crippen LogP contribution in [0.15, 0.2) is 97.1 Å². The fraction of sp³-hybridized carbons (Fsp3) is 0.0645. The van der Waals surface area contributed by atoms with Gasteiger partial charge in [0.25, 0.3) is 0 Å². The molecule has 0 aliphatic rings. The van der Waals surface area contributed by atoms with E-state index < -0.39 is 5.91 Å². The number of hydrogen-bond acceptors (Lipinski definition) is 2. The van der Waals surface area contributed by atoms with Crippen molar-refractivity contribution in [2.24, 2.45) is 5.73 Å². The third-order valence-corrected chi connectivity index (χ3v) is 6.64. The number of methoxy groups -OCH3 is 1. The maximum absolute atomic E-state index is 12.3. The van der Waals surface area contributed by atoms with Crippen LogP contribution in [0.3, 0.4) is 0 Å². The van der Waals surface area contributed by atoms with Gasteiger partial charge in [-0.15, -0.1) is 0 Å². The largest absolute Gasteiger partial charge is 0.497 e. The third-order valence-electron chi connectivity index (χ3n) is 6.64. The first-order valence-corrected chi connectivity index (χ1v) is 11.5. The van der Waals surface area contributed by atoms with Gasteiger partial charge < -0.3 is 15.0 Å². The minimum absolute atomic E-state index is 0.437. The van der Waals surface area contributed by atoms with E-state index in [4.69, 9.17) is 10.5 Å². The van der Waals surface area contributed by atoms with E-state index in [0.29, 0.717) is 12.1 Å². The van der Waals surface area contributed by atoms with E-state index in [1.54, 1.807) is 13.2 Å². The quantitative estimate of drug-likeness (QED) is 0.320. The van der Waals surface area contributed by atoms with Crippen molar-refractivity contribution in [1.82, 2.24) is 4.57 Å². The van der Waals surface area contributed by atoms with Crippen LogP contribution in [0.2, 0.25) is 0 Å². The molecule has 0 aliphatic heterocycles. The molecule has 0 unspecified atom stereocenters. The Bertz CT molecular complexity index is 1730. The summed E-state index contributed by atoms with van der Waals surface area (Å²) in [7, 11) is 1.66. The van der Waals surface area contributed by atoms with Crippen molar-refractivity contribution >= 4 is 38.5 Å². The Balaban J connectivity index is 1.58. The minimum Gasteiger partial charge on any atom is -0.497 e. The number of nitrogens with two attached hydrogens (primary N) is 1. The van der Waals surface area contributed by atoms with E-state index in [1.165, 1.54) is 16.3 Å². The molecule has 0 spiro atoms. The van der Waals surface area contributed by atoms with Crippen molar-refractivity contribution in [3.63, 3.8) is 0 Å². The van der Waals surface area contributed by atoms with Crippen molar-refractivity contribution < 1.29 is 9.53 Å². The standard InChI is InChI=1S/C31H23N2O2/c1-35-25-14-11-22(12-15-25)24-13-16-26-29(18-24)33(28-8-4-7-27(30(26)28)31(32)34)19-20-9-10-21-5-2-3-6-23(21)17-20/h2-15,17-18H,19H2,1H3,(H2,32,34). The molecule has 1 amide bonds. The van der Waals surface area contributed by atoms with E-state index in [1.807, 2.05) is 42.5 Å². The van der Waals surface area contributed by atoms with Crippen molar-refractivity contribution in [1.29, 1.82) is 0 Å². The lowest BCUT2D eigenvalue weighted by atomic mass is 10.0. The van der Waals surface area contributed by atoms with Crippen LogP contribution in [0.5, 0.6) is 5.75 Å². The van der Waals surface area contributed by atoms with Gasteiger partial charge in [-0.3, -0.25) is 4.79 Å². The number of benzene rings is 5. The van der Waals surface area contributed by atoms with E-state index in [2.05, 4.69) is 59.2 Å². The Morgan fingerprint density at radius 3 is 2.43 bits per heavy atom. The zero-order chi connectivity index (χ0) is 23.9. The first-order chi connectivity index (χ1) is 17.1. The molecule has 4 heteroatoms. The SMILES string of the molecule is COc1ccc(-c2c[c]c3c4c(C(N)=O)cccc4n(Cc4ccc5ccccc5c4)c3c2)cc1. The van der Waals surface area contributed by atoms with Gasteiger partial charge in [-0.2, -0.15) is 0 Å². The van der Waals surface area contributed by atoms with Crippen molar-refractivity contribution in [2.75, 3.05) is 7.11 Å². The molecular formula is C31H23N2O2. The molecule has 2 N–H and O–H groups in total. The van der Waals surface area contributed by atoms with Gasteiger partial charge in [0, 0.05) is 22.9 Å². The van der Waals surface area contributed by atoms with Crippen LogP contribution in [-0.4, -0.2) is 17.6 Å². The Hall–Kier alpha value is -4.57. The lowest BCUT2D eigenvalue weighted by molar-refractivity contribution is 0.100. The first kappa shape index (κ1) is 21.0. The van der Waals surface area contributed by atoms with Gasteiger partial charge in [0.2, 0.25) is 5.91 Å². The maximum Gasteiger partial charge on any atom is 0.249 e. The number of fused-ring (bicyclic) bond motifs is 4. The highest BCUT2D eigenvalue weighted by atomic mass is 16.5. The average molecular weight is 456 g/mol. The topological polar surface area (TPSA) is 57.2 Å². The van der Waals surface area contributed by atoms with Crippen LogP contribution < -0.4 is 10.5 Å². The number of amides is 1. The summed E-state index contributed by atoms with van der Waals surface area (Å²) in [6.07, 6.45) is 0. The summed E-state index contributed by atoms with van der Waals surface area (Å²) in [5.74, 6) is 0.378. The van der Waals surface area contributed by atoms with Gasteiger partial charge in [-0.05, 0) is 76.0 Å². The predicted octanol–water partition coefficient (Wildman–Crippen LogP) is 6.57. The van der Waals surface area contributed by atoms with Gasteiger partial charge in [-0.1, -0.05) is 54.6 Å². The Kier molecular flexibility index (Phi) is 5.00. The number of rotatable bonds is 5. The predicted molar refractivity (Wildman–Crippen MR) is 142 cm³/mol. The van der Waals surface area contributed by atoms with Crippen LogP contribution in [-0.2, 0) is 6.54 Å². The smallest absolute Gasteiger partial charge is 0.249 e. The molecule has 0 saturated heterocycles. The summed E-state index contributed by atoms with van der Waals surface area (Å²) in [6, 6.07) is 36.2. The van der Waals surface area contributed by atoms with Crippen molar-refractivity contribution in [3.05, 3.63) is 114 Å². The molecule has 1 aromatic heterocycles. The molecule has 4 nitrogen and oxygen atoms in total. The number of primary amides is 1. The molecule has 0 fully saturated rings. The number of hydrogen-bond donors (Lipinski definition) is 1. The molecule has 1 radical (unpaired) electrons. The molecule has 0 aliphatic carbocycles. The lowest BCUT2D eigenvalue weighted by Gasteiger charge is -2.10. The number of aromatic nitrogens is 1. The second-order valence-corrected chi connectivity index (χ2v) is 8.71. The Morgan fingerprint density at radius 1 is 0.857 bits per heavy atom. The Morgan fingerprint density at radius 2 is 1.66 bits per heavy atom. The van der Waals surface area contributed by atoms with Crippen LogP contribution in [0.25, 0.3) is 43.7 Å². The monoisotopic (exact) mass is 455 g/mol. The lowest BCUT2D eigenvalue weighted by Crippen LogP contribution is -2.11. The molecule has 6 rings (SSSR count). The number of carbonyl (C=O) groups is 1. The first-order valence-electron chi connectivity index (χ1n) is 11.5. The molecule has 35 heavy (non-hydrogen) atoms. The van der Waals surface area contributed by atoms with Crippen LogP contribution in [0, 0.1) is 6.07 Å². The molecular weight excluding hydrogens is 432 g/mol. The molecule has 0 atom stereocenters. The molecule has 0 saturated carbocycles. The fourth-order valence-corrected chi connectivity index (χ4v) is 4.90. The highest BCUT2D eigenvalue weighted by Crippen LogP contribution is 2.35. The summed E-state index contributed by atoms with van der Waals surface area (Å²) >= 11 is 0. The highest BCUT2D eigenvalue weighted by Gasteiger charge is 2.17. The summed E-state index contributed by atoms with van der Waals surface area (Å²) in [6.45, 7) is 0.660. The van der Waals surface area contributed by atoms with Gasteiger partial charge >= 0.3 is 0 Å². The Labute approximate surface area is 203 Å². The normalized spacial score (nSPS) is 11.3. The van der Waals surface area contributed by atoms with Crippen molar-refractivity contribution in [2.45, 2.75) is 6.54 Å². The maximum atomic E-state index is 12.3. The third kappa shape index (κ3) is 3.60. The molecule has 0 bridgehead atoms. The van der Waals surface area contributed by atoms with Gasteiger partial charge in [0.15, 0.2) is 0 Å². The number of ether oxygens (including phenoxy) is 1. The van der Waals surface area contributed by atoms with Gasteiger partial charge in [0.1, 0.15) is 5.75 Å². The molecule has 1 heterocycles. The van der Waals surface area contributed by atoms with E-state index >= 15 is 0 Å². The highest BCUT2D eigenvalue weighted by molar-refractivity contribution is 6.18. The number of carbonyl (C=O) groups excluding carboxylic acids is 1. The fourth-order valence-electron chi connectivity index (χ4n) is 4.90. The van der Waals surface area contributed by atoms with E-state index in [9.17, 15) is 4.79 Å². The minimum atomic E-state index is -0.437. The molecule has 169 valence electrons. The molecule has 6 aromatic rings. The summed E-state index contributed by atoms with van der Waals surface area (Å²) < 4.78 is 7.57. The summed E-state index contributed by atoms with van der Waals surface area (Å²) in [4.78, 5) is 12.3. The van der Waals surface area contributed by atoms with Crippen LogP contribution in [0.1, 0.15) is 15.9 Å². The van der Waals surface area contributed by atoms with Crippen LogP contribution >= 0.6 is 0 Å². The van der Waals surface area contributed by atoms with Gasteiger partial charge in [0.05, 0.1) is 18.1 Å². The van der Waals surface area contributed by atoms with E-state index in [0.717, 1.165) is 38.7 Å².